The van der Waals surface area contributed by atoms with Crippen molar-refractivity contribution in [2.45, 2.75) is 26.8 Å². The summed E-state index contributed by atoms with van der Waals surface area (Å²) in [4.78, 5) is 11.7. The summed E-state index contributed by atoms with van der Waals surface area (Å²) in [6.45, 7) is 5.38. The molecule has 0 aliphatic heterocycles. The largest absolute Gasteiger partial charge is 0.493 e. The molecule has 0 saturated heterocycles. The molecule has 3 aromatic carbocycles. The standard InChI is InChI=1S/C28H27BrN2O3/c1-19(2)18-34-27-12-11-22(28(32)33)16-24(27)25-17-26(21-9-6-10-23(29)15-21)31(30-25)14-13-20-7-4-3-5-8-20/h3-12,15-17,19H,13-14,18H2,1-2H3,(H,32,33). The van der Waals surface area contributed by atoms with Gasteiger partial charge in [-0.05, 0) is 54.3 Å². The Kier molecular flexibility index (Phi) is 7.48. The molecule has 174 valence electrons. The molecule has 0 atom stereocenters. The Labute approximate surface area is 208 Å². The van der Waals surface area contributed by atoms with Gasteiger partial charge in [-0.2, -0.15) is 5.10 Å². The van der Waals surface area contributed by atoms with Crippen LogP contribution in [0.1, 0.15) is 29.8 Å². The van der Waals surface area contributed by atoms with E-state index in [9.17, 15) is 9.90 Å². The smallest absolute Gasteiger partial charge is 0.335 e. The van der Waals surface area contributed by atoms with Gasteiger partial charge in [-0.25, -0.2) is 4.79 Å². The highest BCUT2D eigenvalue weighted by molar-refractivity contribution is 9.10. The van der Waals surface area contributed by atoms with Crippen LogP contribution in [0.5, 0.6) is 5.75 Å². The Bertz CT molecular complexity index is 1280. The second-order valence-corrected chi connectivity index (χ2v) is 9.52. The van der Waals surface area contributed by atoms with Gasteiger partial charge in [-0.3, -0.25) is 4.68 Å². The van der Waals surface area contributed by atoms with Gasteiger partial charge in [-0.15, -0.1) is 0 Å². The molecule has 4 rings (SSSR count). The minimum atomic E-state index is -0.979. The number of carboxylic acid groups (broad SMARTS) is 1. The number of hydrogen-bond donors (Lipinski definition) is 1. The second-order valence-electron chi connectivity index (χ2n) is 8.60. The molecule has 1 N–H and O–H groups in total. The third kappa shape index (κ3) is 5.75. The van der Waals surface area contributed by atoms with Crippen molar-refractivity contribution in [2.24, 2.45) is 5.92 Å². The first-order chi connectivity index (χ1) is 16.4. The van der Waals surface area contributed by atoms with Crippen LogP contribution in [0.15, 0.2) is 83.3 Å². The highest BCUT2D eigenvalue weighted by atomic mass is 79.9. The Morgan fingerprint density at radius 2 is 1.82 bits per heavy atom. The molecule has 34 heavy (non-hydrogen) atoms. The van der Waals surface area contributed by atoms with Crippen LogP contribution < -0.4 is 4.74 Å². The van der Waals surface area contributed by atoms with Crippen molar-refractivity contribution >= 4 is 21.9 Å². The number of carboxylic acids is 1. The van der Waals surface area contributed by atoms with E-state index in [1.54, 1.807) is 18.2 Å². The fraction of sp³-hybridized carbons (Fsp3) is 0.214. The number of halogens is 1. The fourth-order valence-corrected chi connectivity index (χ4v) is 4.12. The van der Waals surface area contributed by atoms with Crippen LogP contribution in [-0.4, -0.2) is 27.5 Å². The van der Waals surface area contributed by atoms with Crippen molar-refractivity contribution in [3.63, 3.8) is 0 Å². The van der Waals surface area contributed by atoms with E-state index in [2.05, 4.69) is 54.0 Å². The van der Waals surface area contributed by atoms with Crippen molar-refractivity contribution in [2.75, 3.05) is 6.61 Å². The zero-order valence-electron chi connectivity index (χ0n) is 19.2. The quantitative estimate of drug-likeness (QED) is 0.260. The van der Waals surface area contributed by atoms with Gasteiger partial charge in [0.2, 0.25) is 0 Å². The van der Waals surface area contributed by atoms with E-state index in [0.29, 0.717) is 36.1 Å². The van der Waals surface area contributed by atoms with Gasteiger partial charge in [0.25, 0.3) is 0 Å². The topological polar surface area (TPSA) is 64.3 Å². The molecule has 4 aromatic rings. The lowest BCUT2D eigenvalue weighted by Crippen LogP contribution is -2.07. The molecule has 6 heteroatoms. The van der Waals surface area contributed by atoms with Crippen LogP contribution in [0.2, 0.25) is 0 Å². The summed E-state index contributed by atoms with van der Waals surface area (Å²) in [7, 11) is 0. The molecule has 1 heterocycles. The Morgan fingerprint density at radius 1 is 1.03 bits per heavy atom. The highest BCUT2D eigenvalue weighted by Gasteiger charge is 2.18. The number of benzene rings is 3. The van der Waals surface area contributed by atoms with Crippen molar-refractivity contribution in [1.29, 1.82) is 0 Å². The molecule has 0 unspecified atom stereocenters. The van der Waals surface area contributed by atoms with E-state index in [1.165, 1.54) is 5.56 Å². The molecule has 0 amide bonds. The van der Waals surface area contributed by atoms with Crippen LogP contribution in [-0.2, 0) is 13.0 Å². The fourth-order valence-electron chi connectivity index (χ4n) is 3.72. The van der Waals surface area contributed by atoms with Gasteiger partial charge in [0, 0.05) is 22.1 Å². The Hall–Kier alpha value is -3.38. The lowest BCUT2D eigenvalue weighted by molar-refractivity contribution is 0.0697. The number of aromatic carboxylic acids is 1. The van der Waals surface area contributed by atoms with E-state index in [-0.39, 0.29) is 5.56 Å². The summed E-state index contributed by atoms with van der Waals surface area (Å²) in [6.07, 6.45) is 0.828. The first-order valence-corrected chi connectivity index (χ1v) is 12.1. The van der Waals surface area contributed by atoms with E-state index >= 15 is 0 Å². The number of rotatable bonds is 9. The minimum Gasteiger partial charge on any atom is -0.493 e. The van der Waals surface area contributed by atoms with Gasteiger partial charge in [0.1, 0.15) is 5.75 Å². The van der Waals surface area contributed by atoms with Crippen molar-refractivity contribution in [3.8, 4) is 28.3 Å². The first-order valence-electron chi connectivity index (χ1n) is 11.3. The number of carbonyl (C=O) groups is 1. The number of ether oxygens (including phenoxy) is 1. The molecule has 0 fully saturated rings. The van der Waals surface area contributed by atoms with Crippen molar-refractivity contribution in [3.05, 3.63) is 94.5 Å². The molecule has 5 nitrogen and oxygen atoms in total. The Balaban J connectivity index is 1.78. The van der Waals surface area contributed by atoms with E-state index in [1.807, 2.05) is 41.1 Å². The zero-order chi connectivity index (χ0) is 24.1. The predicted molar refractivity (Wildman–Crippen MR) is 138 cm³/mol. The SMILES string of the molecule is CC(C)COc1ccc(C(=O)O)cc1-c1cc(-c2cccc(Br)c2)n(CCc2ccccc2)n1. The maximum absolute atomic E-state index is 11.7. The maximum atomic E-state index is 11.7. The Morgan fingerprint density at radius 3 is 2.53 bits per heavy atom. The van der Waals surface area contributed by atoms with E-state index < -0.39 is 5.97 Å². The minimum absolute atomic E-state index is 0.203. The predicted octanol–water partition coefficient (Wildman–Crippen LogP) is 6.96. The average Bonchev–Trinajstić information content (AvgIpc) is 3.26. The summed E-state index contributed by atoms with van der Waals surface area (Å²) in [5.41, 5.74) is 4.78. The van der Waals surface area contributed by atoms with Gasteiger partial charge >= 0.3 is 5.97 Å². The monoisotopic (exact) mass is 518 g/mol. The highest BCUT2D eigenvalue weighted by Crippen LogP contribution is 2.34. The van der Waals surface area contributed by atoms with Crippen LogP contribution in [0.3, 0.4) is 0 Å². The number of hydrogen-bond acceptors (Lipinski definition) is 3. The van der Waals surface area contributed by atoms with Crippen LogP contribution in [0.4, 0.5) is 0 Å². The molecule has 0 radical (unpaired) electrons. The summed E-state index contributed by atoms with van der Waals surface area (Å²) in [5, 5.41) is 14.5. The van der Waals surface area contributed by atoms with Crippen molar-refractivity contribution in [1.82, 2.24) is 9.78 Å². The van der Waals surface area contributed by atoms with Crippen molar-refractivity contribution < 1.29 is 14.6 Å². The molecular weight excluding hydrogens is 492 g/mol. The molecule has 0 aliphatic carbocycles. The molecule has 0 bridgehead atoms. The third-order valence-electron chi connectivity index (χ3n) is 5.43. The van der Waals surface area contributed by atoms with Gasteiger partial charge < -0.3 is 9.84 Å². The van der Waals surface area contributed by atoms with E-state index in [4.69, 9.17) is 9.84 Å². The number of nitrogens with zero attached hydrogens (tertiary/aromatic N) is 2. The van der Waals surface area contributed by atoms with Crippen LogP contribution in [0, 0.1) is 5.92 Å². The summed E-state index contributed by atoms with van der Waals surface area (Å²) >= 11 is 3.57. The summed E-state index contributed by atoms with van der Waals surface area (Å²) in [5.74, 6) is -0.00718. The lowest BCUT2D eigenvalue weighted by Gasteiger charge is -2.13. The molecule has 0 saturated carbocycles. The second kappa shape index (κ2) is 10.7. The first kappa shape index (κ1) is 23.8. The molecule has 0 aliphatic rings. The summed E-state index contributed by atoms with van der Waals surface area (Å²) < 4.78 is 9.01. The average molecular weight is 519 g/mol. The number of aromatic nitrogens is 2. The molecule has 1 aromatic heterocycles. The van der Waals surface area contributed by atoms with Crippen LogP contribution in [0.25, 0.3) is 22.5 Å². The van der Waals surface area contributed by atoms with E-state index in [0.717, 1.165) is 22.2 Å². The zero-order valence-corrected chi connectivity index (χ0v) is 20.8. The maximum Gasteiger partial charge on any atom is 0.335 e. The van der Waals surface area contributed by atoms with Gasteiger partial charge in [0.15, 0.2) is 0 Å². The normalized spacial score (nSPS) is 11.1. The molecular formula is C28H27BrN2O3. The van der Waals surface area contributed by atoms with Gasteiger partial charge in [-0.1, -0.05) is 72.2 Å². The third-order valence-corrected chi connectivity index (χ3v) is 5.92. The molecule has 0 spiro atoms. The lowest BCUT2D eigenvalue weighted by atomic mass is 10.0. The van der Waals surface area contributed by atoms with Crippen LogP contribution >= 0.6 is 15.9 Å². The van der Waals surface area contributed by atoms with Gasteiger partial charge in [0.05, 0.1) is 23.6 Å². The summed E-state index contributed by atoms with van der Waals surface area (Å²) in [6, 6.07) is 25.3. The number of aryl methyl sites for hydroxylation is 2.